The summed E-state index contributed by atoms with van der Waals surface area (Å²) in [5, 5.41) is 4.61. The molecule has 0 unspecified atom stereocenters. The van der Waals surface area contributed by atoms with Crippen LogP contribution < -0.4 is 14.8 Å². The van der Waals surface area contributed by atoms with Crippen molar-refractivity contribution in [3.05, 3.63) is 76.4 Å². The second kappa shape index (κ2) is 7.72. The predicted molar refractivity (Wildman–Crippen MR) is 116 cm³/mol. The van der Waals surface area contributed by atoms with Crippen molar-refractivity contribution in [3.63, 3.8) is 0 Å². The highest BCUT2D eigenvalue weighted by Crippen LogP contribution is 2.33. The van der Waals surface area contributed by atoms with E-state index in [4.69, 9.17) is 19.4 Å². The number of hydrogen-bond donors (Lipinski definition) is 1. The van der Waals surface area contributed by atoms with Crippen LogP contribution in [-0.4, -0.2) is 16.8 Å². The van der Waals surface area contributed by atoms with Gasteiger partial charge in [-0.25, -0.2) is 9.97 Å². The summed E-state index contributed by atoms with van der Waals surface area (Å²) in [4.78, 5) is 12.0. The Balaban J connectivity index is 1.45. The molecular weight excluding hydrogens is 382 g/mol. The summed E-state index contributed by atoms with van der Waals surface area (Å²) in [6.45, 7) is 3.11. The van der Waals surface area contributed by atoms with Crippen LogP contribution in [0.25, 0.3) is 10.2 Å². The van der Waals surface area contributed by atoms with Gasteiger partial charge in [0, 0.05) is 17.8 Å². The second-order valence-corrected chi connectivity index (χ2v) is 8.09. The van der Waals surface area contributed by atoms with Gasteiger partial charge in [-0.3, -0.25) is 0 Å². The normalized spacial score (nSPS) is 12.4. The first-order valence-corrected chi connectivity index (χ1v) is 10.6. The minimum absolute atomic E-state index is 0.288. The Labute approximate surface area is 173 Å². The lowest BCUT2D eigenvalue weighted by Gasteiger charge is -2.10. The average molecular weight is 404 g/mol. The van der Waals surface area contributed by atoms with Crippen molar-refractivity contribution in [1.29, 1.82) is 0 Å². The number of aromatic nitrogens is 2. The zero-order chi connectivity index (χ0) is 19.6. The number of ether oxygens (including phenoxy) is 2. The van der Waals surface area contributed by atoms with E-state index in [0.29, 0.717) is 6.54 Å². The van der Waals surface area contributed by atoms with Crippen molar-refractivity contribution < 1.29 is 9.47 Å². The topological polar surface area (TPSA) is 56.3 Å². The molecule has 0 amide bonds. The van der Waals surface area contributed by atoms with Crippen LogP contribution in [0.5, 0.6) is 11.5 Å². The molecule has 3 heterocycles. The van der Waals surface area contributed by atoms with Crippen LogP contribution in [0, 0.1) is 0 Å². The van der Waals surface area contributed by atoms with Gasteiger partial charge in [0.2, 0.25) is 6.79 Å². The molecule has 4 aromatic rings. The second-order valence-electron chi connectivity index (χ2n) is 6.98. The Hall–Kier alpha value is -3.12. The molecule has 1 aliphatic rings. The lowest BCUT2D eigenvalue weighted by atomic mass is 10.1. The Kier molecular flexibility index (Phi) is 4.77. The van der Waals surface area contributed by atoms with Crippen molar-refractivity contribution in [1.82, 2.24) is 9.97 Å². The highest BCUT2D eigenvalue weighted by molar-refractivity contribution is 7.18. The van der Waals surface area contributed by atoms with Crippen molar-refractivity contribution >= 4 is 27.4 Å². The molecule has 0 saturated heterocycles. The molecular formula is C23H21N3O2S. The zero-order valence-corrected chi connectivity index (χ0v) is 17.0. The van der Waals surface area contributed by atoms with Gasteiger partial charge in [0.1, 0.15) is 16.5 Å². The van der Waals surface area contributed by atoms with Crippen molar-refractivity contribution in [2.75, 3.05) is 12.1 Å². The molecule has 0 radical (unpaired) electrons. The number of rotatable bonds is 6. The largest absolute Gasteiger partial charge is 0.454 e. The van der Waals surface area contributed by atoms with E-state index < -0.39 is 0 Å². The Bertz CT molecular complexity index is 1160. The molecule has 2 aromatic carbocycles. The quantitative estimate of drug-likeness (QED) is 0.480. The predicted octanol–water partition coefficient (Wildman–Crippen LogP) is 5.19. The van der Waals surface area contributed by atoms with Crippen LogP contribution in [-0.2, 0) is 19.4 Å². The van der Waals surface area contributed by atoms with E-state index >= 15 is 0 Å². The molecule has 0 atom stereocenters. The maximum Gasteiger partial charge on any atom is 0.231 e. The maximum absolute atomic E-state index is 5.49. The number of thiophene rings is 1. The van der Waals surface area contributed by atoms with Gasteiger partial charge < -0.3 is 14.8 Å². The molecule has 1 aliphatic heterocycles. The number of benzene rings is 2. The third kappa shape index (κ3) is 3.76. The molecule has 0 saturated carbocycles. The van der Waals surface area contributed by atoms with E-state index in [1.54, 1.807) is 11.3 Å². The van der Waals surface area contributed by atoms with Crippen molar-refractivity contribution in [3.8, 4) is 11.5 Å². The minimum Gasteiger partial charge on any atom is -0.454 e. The number of fused-ring (bicyclic) bond motifs is 2. The summed E-state index contributed by atoms with van der Waals surface area (Å²) in [6, 6.07) is 18.6. The molecule has 6 heteroatoms. The van der Waals surface area contributed by atoms with E-state index in [9.17, 15) is 0 Å². The standard InChI is InChI=1S/C23H21N3O2S/c1-2-17-12-18-22(24-13-16-8-9-19-20(10-16)28-14-27-19)25-21(26-23(18)29-17)11-15-6-4-3-5-7-15/h3-10,12H,2,11,13-14H2,1H3,(H,24,25,26). The van der Waals surface area contributed by atoms with Crippen LogP contribution >= 0.6 is 11.3 Å². The first kappa shape index (κ1) is 17.9. The smallest absolute Gasteiger partial charge is 0.231 e. The number of nitrogens with one attached hydrogen (secondary N) is 1. The molecule has 2 aromatic heterocycles. The van der Waals surface area contributed by atoms with Crippen LogP contribution in [0.15, 0.2) is 54.6 Å². The SMILES string of the molecule is CCc1cc2c(NCc3ccc4c(c3)OCO4)nc(Cc3ccccc3)nc2s1. The molecule has 5 rings (SSSR count). The van der Waals surface area contributed by atoms with Gasteiger partial charge >= 0.3 is 0 Å². The number of hydrogen-bond acceptors (Lipinski definition) is 6. The summed E-state index contributed by atoms with van der Waals surface area (Å²) < 4.78 is 10.9. The fraction of sp³-hybridized carbons (Fsp3) is 0.217. The molecule has 0 fully saturated rings. The third-order valence-electron chi connectivity index (χ3n) is 4.94. The van der Waals surface area contributed by atoms with Gasteiger partial charge in [0.15, 0.2) is 11.5 Å². The molecule has 29 heavy (non-hydrogen) atoms. The lowest BCUT2D eigenvalue weighted by Crippen LogP contribution is -2.05. The van der Waals surface area contributed by atoms with E-state index in [2.05, 4.69) is 36.5 Å². The average Bonchev–Trinajstić information content (AvgIpc) is 3.39. The van der Waals surface area contributed by atoms with E-state index in [-0.39, 0.29) is 6.79 Å². The highest BCUT2D eigenvalue weighted by atomic mass is 32.1. The monoisotopic (exact) mass is 403 g/mol. The Morgan fingerprint density at radius 3 is 2.69 bits per heavy atom. The fourth-order valence-corrected chi connectivity index (χ4v) is 4.40. The summed E-state index contributed by atoms with van der Waals surface area (Å²) in [6.07, 6.45) is 1.71. The van der Waals surface area contributed by atoms with Gasteiger partial charge in [-0.2, -0.15) is 0 Å². The van der Waals surface area contributed by atoms with E-state index in [1.165, 1.54) is 10.4 Å². The van der Waals surface area contributed by atoms with E-state index in [0.717, 1.165) is 51.8 Å². The minimum atomic E-state index is 0.288. The van der Waals surface area contributed by atoms with Gasteiger partial charge in [0.05, 0.1) is 5.39 Å². The third-order valence-corrected chi connectivity index (χ3v) is 6.11. The van der Waals surface area contributed by atoms with Crippen molar-refractivity contribution in [2.24, 2.45) is 0 Å². The Morgan fingerprint density at radius 2 is 1.83 bits per heavy atom. The summed E-state index contributed by atoms with van der Waals surface area (Å²) in [7, 11) is 0. The molecule has 0 aliphatic carbocycles. The Morgan fingerprint density at radius 1 is 0.966 bits per heavy atom. The zero-order valence-electron chi connectivity index (χ0n) is 16.1. The van der Waals surface area contributed by atoms with Gasteiger partial charge in [-0.1, -0.05) is 43.3 Å². The summed E-state index contributed by atoms with van der Waals surface area (Å²) >= 11 is 1.75. The molecule has 0 spiro atoms. The van der Waals surface area contributed by atoms with Crippen LogP contribution in [0.4, 0.5) is 5.82 Å². The van der Waals surface area contributed by atoms with Crippen LogP contribution in [0.3, 0.4) is 0 Å². The van der Waals surface area contributed by atoms with Gasteiger partial charge in [0.25, 0.3) is 0 Å². The summed E-state index contributed by atoms with van der Waals surface area (Å²) in [5.41, 5.74) is 2.33. The van der Waals surface area contributed by atoms with Gasteiger partial charge in [-0.15, -0.1) is 11.3 Å². The molecule has 0 bridgehead atoms. The van der Waals surface area contributed by atoms with Crippen molar-refractivity contribution in [2.45, 2.75) is 26.3 Å². The van der Waals surface area contributed by atoms with E-state index in [1.807, 2.05) is 30.3 Å². The molecule has 5 nitrogen and oxygen atoms in total. The summed E-state index contributed by atoms with van der Waals surface area (Å²) in [5.74, 6) is 3.32. The number of anilines is 1. The number of aryl methyl sites for hydroxylation is 1. The maximum atomic E-state index is 5.49. The van der Waals surface area contributed by atoms with Crippen LogP contribution in [0.2, 0.25) is 0 Å². The molecule has 1 N–H and O–H groups in total. The molecule has 146 valence electrons. The first-order chi connectivity index (χ1) is 14.3. The lowest BCUT2D eigenvalue weighted by molar-refractivity contribution is 0.174. The number of nitrogens with zero attached hydrogens (tertiary/aromatic N) is 2. The first-order valence-electron chi connectivity index (χ1n) is 9.74. The van der Waals surface area contributed by atoms with Gasteiger partial charge in [-0.05, 0) is 35.7 Å². The van der Waals surface area contributed by atoms with Crippen LogP contribution in [0.1, 0.15) is 28.8 Å². The highest BCUT2D eigenvalue weighted by Gasteiger charge is 2.15. The fourth-order valence-electron chi connectivity index (χ4n) is 3.42.